The Bertz CT molecular complexity index is 228. The average molecular weight is 296 g/mol. The Labute approximate surface area is 130 Å². The molecule has 2 aliphatic rings. The highest BCUT2D eigenvalue weighted by Gasteiger charge is 2.25. The smallest absolute Gasteiger partial charge is 0.0353 e. The molecule has 2 saturated carbocycles. The molecule has 2 aliphatic carbocycles. The van der Waals surface area contributed by atoms with E-state index in [2.05, 4.69) is 9.24 Å². The van der Waals surface area contributed by atoms with Crippen molar-refractivity contribution in [3.05, 3.63) is 0 Å². The molecule has 3 atom stereocenters. The molecule has 20 heavy (non-hydrogen) atoms. The van der Waals surface area contributed by atoms with E-state index in [4.69, 9.17) is 0 Å². The highest BCUT2D eigenvalue weighted by Crippen LogP contribution is 2.37. The molecule has 2 fully saturated rings. The molecule has 0 amide bonds. The van der Waals surface area contributed by atoms with Gasteiger partial charge in [-0.25, -0.2) is 0 Å². The summed E-state index contributed by atoms with van der Waals surface area (Å²) in [5.41, 5.74) is 0. The van der Waals surface area contributed by atoms with Crippen LogP contribution in [0.25, 0.3) is 0 Å². The van der Waals surface area contributed by atoms with E-state index >= 15 is 0 Å². The summed E-state index contributed by atoms with van der Waals surface area (Å²) in [7, 11) is 3.03. The third-order valence-corrected chi connectivity index (χ3v) is 6.64. The van der Waals surface area contributed by atoms with Crippen LogP contribution in [0, 0.1) is 17.8 Å². The SMILES string of the molecule is PCC1CCCCCC(C2CCCCCCCCC2)C1. The van der Waals surface area contributed by atoms with Crippen molar-refractivity contribution in [1.29, 1.82) is 0 Å². The summed E-state index contributed by atoms with van der Waals surface area (Å²) in [4.78, 5) is 0. The Morgan fingerprint density at radius 2 is 1.00 bits per heavy atom. The van der Waals surface area contributed by atoms with Crippen molar-refractivity contribution in [3.8, 4) is 0 Å². The van der Waals surface area contributed by atoms with Gasteiger partial charge in [-0.1, -0.05) is 89.9 Å². The normalized spacial score (nSPS) is 32.2. The van der Waals surface area contributed by atoms with E-state index < -0.39 is 0 Å². The third kappa shape index (κ3) is 6.05. The van der Waals surface area contributed by atoms with Crippen LogP contribution in [0.1, 0.15) is 96.3 Å². The first-order valence-corrected chi connectivity index (χ1v) is 10.4. The van der Waals surface area contributed by atoms with Gasteiger partial charge >= 0.3 is 0 Å². The molecule has 0 aromatic carbocycles. The van der Waals surface area contributed by atoms with Crippen LogP contribution in [0.4, 0.5) is 0 Å². The van der Waals surface area contributed by atoms with E-state index in [-0.39, 0.29) is 0 Å². The molecule has 2 rings (SSSR count). The summed E-state index contributed by atoms with van der Waals surface area (Å²) in [6, 6.07) is 0. The maximum absolute atomic E-state index is 3.03. The van der Waals surface area contributed by atoms with Crippen LogP contribution in [0.2, 0.25) is 0 Å². The van der Waals surface area contributed by atoms with Crippen molar-refractivity contribution < 1.29 is 0 Å². The minimum Gasteiger partial charge on any atom is -0.137 e. The summed E-state index contributed by atoms with van der Waals surface area (Å²) in [5, 5.41) is 0. The zero-order valence-corrected chi connectivity index (χ0v) is 14.8. The van der Waals surface area contributed by atoms with Gasteiger partial charge in [0.1, 0.15) is 0 Å². The van der Waals surface area contributed by atoms with Crippen molar-refractivity contribution in [3.63, 3.8) is 0 Å². The van der Waals surface area contributed by atoms with Crippen LogP contribution < -0.4 is 0 Å². The predicted octanol–water partition coefficient (Wildman–Crippen LogP) is 6.59. The number of hydrogen-bond donors (Lipinski definition) is 0. The molecule has 1 heteroatoms. The van der Waals surface area contributed by atoms with E-state index in [1.807, 2.05) is 0 Å². The molecule has 0 bridgehead atoms. The monoisotopic (exact) mass is 296 g/mol. The molecule has 0 aliphatic heterocycles. The minimum atomic E-state index is 1.01. The van der Waals surface area contributed by atoms with E-state index in [0.717, 1.165) is 17.8 Å². The number of rotatable bonds is 2. The number of hydrogen-bond acceptors (Lipinski definition) is 0. The van der Waals surface area contributed by atoms with Gasteiger partial charge in [0.25, 0.3) is 0 Å². The molecule has 0 radical (unpaired) electrons. The highest BCUT2D eigenvalue weighted by atomic mass is 31.0. The molecular formula is C19H37P. The Kier molecular flexibility index (Phi) is 8.57. The summed E-state index contributed by atoms with van der Waals surface area (Å²) in [6.07, 6.45) is 24.1. The molecule has 0 N–H and O–H groups in total. The maximum Gasteiger partial charge on any atom is -0.0353 e. The first kappa shape index (κ1) is 16.8. The van der Waals surface area contributed by atoms with E-state index in [1.54, 1.807) is 25.7 Å². The Balaban J connectivity index is 1.88. The zero-order valence-electron chi connectivity index (χ0n) is 13.6. The zero-order chi connectivity index (χ0) is 14.0. The molecule has 118 valence electrons. The minimum absolute atomic E-state index is 1.01. The van der Waals surface area contributed by atoms with Crippen molar-refractivity contribution in [2.45, 2.75) is 96.3 Å². The van der Waals surface area contributed by atoms with Crippen molar-refractivity contribution >= 4 is 9.24 Å². The van der Waals surface area contributed by atoms with Crippen LogP contribution in [-0.2, 0) is 0 Å². The molecule has 0 saturated heterocycles. The molecule has 0 nitrogen and oxygen atoms in total. The largest absolute Gasteiger partial charge is 0.137 e. The fourth-order valence-corrected chi connectivity index (χ4v) is 5.06. The van der Waals surface area contributed by atoms with Crippen molar-refractivity contribution in [1.82, 2.24) is 0 Å². The Morgan fingerprint density at radius 1 is 0.550 bits per heavy atom. The van der Waals surface area contributed by atoms with Gasteiger partial charge in [-0.15, -0.1) is 9.24 Å². The lowest BCUT2D eigenvalue weighted by atomic mass is 9.74. The standard InChI is InChI=1S/C19H37P/c20-16-17-11-7-6-10-14-19(15-17)18-12-8-4-2-1-3-5-9-13-18/h17-19H,1-16,20H2. The van der Waals surface area contributed by atoms with Crippen LogP contribution in [0.3, 0.4) is 0 Å². The van der Waals surface area contributed by atoms with Crippen molar-refractivity contribution in [2.24, 2.45) is 17.8 Å². The third-order valence-electron chi connectivity index (χ3n) is 5.97. The van der Waals surface area contributed by atoms with Gasteiger partial charge in [0, 0.05) is 0 Å². The first-order chi connectivity index (χ1) is 9.90. The van der Waals surface area contributed by atoms with Crippen LogP contribution in [0.15, 0.2) is 0 Å². The summed E-state index contributed by atoms with van der Waals surface area (Å²) >= 11 is 0. The second-order valence-corrected chi connectivity index (χ2v) is 8.02. The van der Waals surface area contributed by atoms with E-state index in [1.165, 1.54) is 76.8 Å². The van der Waals surface area contributed by atoms with E-state index in [9.17, 15) is 0 Å². The molecule has 0 heterocycles. The van der Waals surface area contributed by atoms with Crippen LogP contribution >= 0.6 is 9.24 Å². The van der Waals surface area contributed by atoms with Crippen LogP contribution in [0.5, 0.6) is 0 Å². The second kappa shape index (κ2) is 10.2. The molecule has 0 aromatic rings. The summed E-state index contributed by atoms with van der Waals surface area (Å²) in [6.45, 7) is 0. The van der Waals surface area contributed by atoms with E-state index in [0.29, 0.717) is 0 Å². The quantitative estimate of drug-likeness (QED) is 0.504. The second-order valence-electron chi connectivity index (χ2n) is 7.55. The maximum atomic E-state index is 3.03. The summed E-state index contributed by atoms with van der Waals surface area (Å²) in [5.74, 6) is 3.16. The molecule has 3 unspecified atom stereocenters. The van der Waals surface area contributed by atoms with Gasteiger partial charge < -0.3 is 0 Å². The molecule has 0 spiro atoms. The Morgan fingerprint density at radius 3 is 1.60 bits per heavy atom. The van der Waals surface area contributed by atoms with Crippen LogP contribution in [-0.4, -0.2) is 6.16 Å². The molecular weight excluding hydrogens is 259 g/mol. The van der Waals surface area contributed by atoms with Gasteiger partial charge in [0.15, 0.2) is 0 Å². The van der Waals surface area contributed by atoms with Gasteiger partial charge in [-0.05, 0) is 30.3 Å². The first-order valence-electron chi connectivity index (χ1n) is 9.60. The highest BCUT2D eigenvalue weighted by molar-refractivity contribution is 7.16. The lowest BCUT2D eigenvalue weighted by molar-refractivity contribution is 0.200. The molecule has 0 aromatic heterocycles. The van der Waals surface area contributed by atoms with Crippen molar-refractivity contribution in [2.75, 3.05) is 6.16 Å². The fraction of sp³-hybridized carbons (Fsp3) is 1.00. The average Bonchev–Trinajstić information content (AvgIpc) is 2.45. The fourth-order valence-electron chi connectivity index (χ4n) is 4.64. The Hall–Kier alpha value is 0.430. The predicted molar refractivity (Wildman–Crippen MR) is 94.3 cm³/mol. The lowest BCUT2D eigenvalue weighted by Crippen LogP contribution is -2.21. The summed E-state index contributed by atoms with van der Waals surface area (Å²) < 4.78 is 0. The van der Waals surface area contributed by atoms with Gasteiger partial charge in [-0.3, -0.25) is 0 Å². The lowest BCUT2D eigenvalue weighted by Gasteiger charge is -2.32. The van der Waals surface area contributed by atoms with Gasteiger partial charge in [0.05, 0.1) is 0 Å². The topological polar surface area (TPSA) is 0 Å². The van der Waals surface area contributed by atoms with Gasteiger partial charge in [0.2, 0.25) is 0 Å². The van der Waals surface area contributed by atoms with Gasteiger partial charge in [-0.2, -0.15) is 0 Å².